The van der Waals surface area contributed by atoms with Gasteiger partial charge in [-0.25, -0.2) is 0 Å². The molecule has 0 aliphatic carbocycles. The van der Waals surface area contributed by atoms with E-state index in [9.17, 15) is 4.79 Å². The SMILES string of the molecule is Cc1ccc(C(C)C)c(OCc2nnc(SCC(=O)Nc3cccc(C)c3C)o2)c1. The number of anilines is 1. The average Bonchev–Trinajstić information content (AvgIpc) is 3.16. The summed E-state index contributed by atoms with van der Waals surface area (Å²) in [6.07, 6.45) is 0. The highest BCUT2D eigenvalue weighted by atomic mass is 32.2. The second-order valence-electron chi connectivity index (χ2n) is 7.53. The van der Waals surface area contributed by atoms with Gasteiger partial charge in [-0.2, -0.15) is 0 Å². The van der Waals surface area contributed by atoms with E-state index in [4.69, 9.17) is 9.15 Å². The number of nitrogens with one attached hydrogen (secondary N) is 1. The average molecular weight is 426 g/mol. The molecule has 0 unspecified atom stereocenters. The van der Waals surface area contributed by atoms with E-state index in [1.165, 1.54) is 11.8 Å². The zero-order valence-electron chi connectivity index (χ0n) is 18.0. The van der Waals surface area contributed by atoms with Crippen LogP contribution in [0.5, 0.6) is 5.75 Å². The minimum absolute atomic E-state index is 0.119. The molecule has 3 aromatic rings. The molecule has 2 aromatic carbocycles. The lowest BCUT2D eigenvalue weighted by molar-refractivity contribution is -0.113. The molecule has 6 nitrogen and oxygen atoms in total. The fourth-order valence-corrected chi connectivity index (χ4v) is 3.52. The first-order valence-corrected chi connectivity index (χ1v) is 10.9. The molecule has 0 saturated heterocycles. The molecule has 1 amide bonds. The van der Waals surface area contributed by atoms with Gasteiger partial charge >= 0.3 is 0 Å². The van der Waals surface area contributed by atoms with Crippen LogP contribution in [0, 0.1) is 20.8 Å². The number of carbonyl (C=O) groups is 1. The van der Waals surface area contributed by atoms with Gasteiger partial charge in [-0.05, 0) is 61.1 Å². The molecule has 0 aliphatic heterocycles. The van der Waals surface area contributed by atoms with E-state index in [1.54, 1.807) is 0 Å². The number of aryl methyl sites for hydroxylation is 2. The first-order chi connectivity index (χ1) is 14.3. The lowest BCUT2D eigenvalue weighted by Crippen LogP contribution is -2.15. The smallest absolute Gasteiger partial charge is 0.277 e. The van der Waals surface area contributed by atoms with Gasteiger partial charge in [-0.1, -0.05) is 49.9 Å². The van der Waals surface area contributed by atoms with Crippen LogP contribution in [0.4, 0.5) is 5.69 Å². The van der Waals surface area contributed by atoms with Gasteiger partial charge in [0.25, 0.3) is 11.1 Å². The van der Waals surface area contributed by atoms with Gasteiger partial charge in [0.05, 0.1) is 5.75 Å². The minimum Gasteiger partial charge on any atom is -0.484 e. The van der Waals surface area contributed by atoms with E-state index in [0.717, 1.165) is 33.7 Å². The Kier molecular flexibility index (Phi) is 7.15. The molecule has 3 rings (SSSR count). The van der Waals surface area contributed by atoms with Gasteiger partial charge in [-0.15, -0.1) is 10.2 Å². The van der Waals surface area contributed by atoms with E-state index in [2.05, 4.69) is 41.5 Å². The van der Waals surface area contributed by atoms with Crippen molar-refractivity contribution in [2.45, 2.75) is 52.4 Å². The Labute approximate surface area is 181 Å². The highest BCUT2D eigenvalue weighted by Gasteiger charge is 2.13. The first-order valence-electron chi connectivity index (χ1n) is 9.88. The van der Waals surface area contributed by atoms with Crippen LogP contribution in [0.2, 0.25) is 0 Å². The Morgan fingerprint density at radius 1 is 1.17 bits per heavy atom. The summed E-state index contributed by atoms with van der Waals surface area (Å²) in [5.74, 6) is 1.62. The topological polar surface area (TPSA) is 77.2 Å². The number of carbonyl (C=O) groups excluding carboxylic acids is 1. The van der Waals surface area contributed by atoms with Crippen molar-refractivity contribution in [3.63, 3.8) is 0 Å². The van der Waals surface area contributed by atoms with Crippen LogP contribution in [-0.4, -0.2) is 21.9 Å². The van der Waals surface area contributed by atoms with Crippen molar-refractivity contribution < 1.29 is 13.9 Å². The third kappa shape index (κ3) is 5.63. The maximum absolute atomic E-state index is 12.3. The van der Waals surface area contributed by atoms with Crippen LogP contribution in [0.1, 0.15) is 47.9 Å². The lowest BCUT2D eigenvalue weighted by atomic mass is 10.0. The van der Waals surface area contributed by atoms with Crippen molar-refractivity contribution in [1.82, 2.24) is 10.2 Å². The fourth-order valence-electron chi connectivity index (χ4n) is 2.94. The van der Waals surface area contributed by atoms with Crippen molar-refractivity contribution in [2.75, 3.05) is 11.1 Å². The van der Waals surface area contributed by atoms with Gasteiger partial charge in [0, 0.05) is 5.69 Å². The zero-order valence-corrected chi connectivity index (χ0v) is 18.8. The van der Waals surface area contributed by atoms with Crippen LogP contribution >= 0.6 is 11.8 Å². The number of rotatable bonds is 8. The molecule has 1 N–H and O–H groups in total. The van der Waals surface area contributed by atoms with Crippen molar-refractivity contribution in [2.24, 2.45) is 0 Å². The maximum atomic E-state index is 12.3. The Morgan fingerprint density at radius 2 is 1.97 bits per heavy atom. The van der Waals surface area contributed by atoms with Gasteiger partial charge in [-0.3, -0.25) is 4.79 Å². The summed E-state index contributed by atoms with van der Waals surface area (Å²) >= 11 is 1.20. The Balaban J connectivity index is 1.54. The van der Waals surface area contributed by atoms with E-state index >= 15 is 0 Å². The Morgan fingerprint density at radius 3 is 2.73 bits per heavy atom. The van der Waals surface area contributed by atoms with E-state index in [-0.39, 0.29) is 18.3 Å². The molecule has 1 heterocycles. The number of hydrogen-bond donors (Lipinski definition) is 1. The fraction of sp³-hybridized carbons (Fsp3) is 0.348. The van der Waals surface area contributed by atoms with Crippen LogP contribution < -0.4 is 10.1 Å². The summed E-state index contributed by atoms with van der Waals surface area (Å²) < 4.78 is 11.5. The maximum Gasteiger partial charge on any atom is 0.277 e. The van der Waals surface area contributed by atoms with Crippen LogP contribution in [0.3, 0.4) is 0 Å². The number of hydrogen-bond acceptors (Lipinski definition) is 6. The predicted molar refractivity (Wildman–Crippen MR) is 119 cm³/mol. The van der Waals surface area contributed by atoms with E-state index < -0.39 is 0 Å². The van der Waals surface area contributed by atoms with E-state index in [1.807, 2.05) is 45.0 Å². The Hall–Kier alpha value is -2.80. The van der Waals surface area contributed by atoms with Crippen molar-refractivity contribution in [3.8, 4) is 5.75 Å². The highest BCUT2D eigenvalue weighted by molar-refractivity contribution is 7.99. The second-order valence-corrected chi connectivity index (χ2v) is 8.46. The number of thioether (sulfide) groups is 1. The molecule has 0 spiro atoms. The molecular weight excluding hydrogens is 398 g/mol. The van der Waals surface area contributed by atoms with Gasteiger partial charge < -0.3 is 14.5 Å². The van der Waals surface area contributed by atoms with Crippen molar-refractivity contribution in [1.29, 1.82) is 0 Å². The second kappa shape index (κ2) is 9.80. The predicted octanol–water partition coefficient (Wildman–Crippen LogP) is 5.43. The molecular formula is C23H27N3O3S. The number of nitrogens with zero attached hydrogens (tertiary/aromatic N) is 2. The summed E-state index contributed by atoms with van der Waals surface area (Å²) in [6, 6.07) is 12.0. The zero-order chi connectivity index (χ0) is 21.7. The molecule has 0 bridgehead atoms. The summed E-state index contributed by atoms with van der Waals surface area (Å²) in [5, 5.41) is 11.3. The standard InChI is InChI=1S/C23H27N3O3S/c1-14(2)18-10-9-15(3)11-20(18)28-12-22-25-26-23(29-22)30-13-21(27)24-19-8-6-7-16(4)17(19)5/h6-11,14H,12-13H2,1-5H3,(H,24,27). The lowest BCUT2D eigenvalue weighted by Gasteiger charge is -2.13. The van der Waals surface area contributed by atoms with Crippen LogP contribution in [-0.2, 0) is 11.4 Å². The normalized spacial score (nSPS) is 11.0. The summed E-state index contributed by atoms with van der Waals surface area (Å²) in [5.41, 5.74) is 5.28. The third-order valence-electron chi connectivity index (χ3n) is 4.80. The number of amides is 1. The Bertz CT molecular complexity index is 1030. The van der Waals surface area contributed by atoms with Crippen molar-refractivity contribution >= 4 is 23.4 Å². The molecule has 0 saturated carbocycles. The molecule has 158 valence electrons. The summed E-state index contributed by atoms with van der Waals surface area (Å²) in [6.45, 7) is 10.5. The highest BCUT2D eigenvalue weighted by Crippen LogP contribution is 2.28. The molecule has 0 fully saturated rings. The number of aromatic nitrogens is 2. The molecule has 0 aliphatic rings. The number of benzene rings is 2. The summed E-state index contributed by atoms with van der Waals surface area (Å²) in [7, 11) is 0. The monoisotopic (exact) mass is 425 g/mol. The van der Waals surface area contributed by atoms with E-state index in [0.29, 0.717) is 17.0 Å². The largest absolute Gasteiger partial charge is 0.484 e. The van der Waals surface area contributed by atoms with Gasteiger partial charge in [0.15, 0.2) is 6.61 Å². The molecule has 7 heteroatoms. The number of ether oxygens (including phenoxy) is 1. The minimum atomic E-state index is -0.119. The molecule has 1 aromatic heterocycles. The summed E-state index contributed by atoms with van der Waals surface area (Å²) in [4.78, 5) is 12.3. The molecule has 0 atom stereocenters. The van der Waals surface area contributed by atoms with Crippen LogP contribution in [0.25, 0.3) is 0 Å². The van der Waals surface area contributed by atoms with Gasteiger partial charge in [0.1, 0.15) is 5.75 Å². The third-order valence-corrected chi connectivity index (χ3v) is 5.61. The van der Waals surface area contributed by atoms with Gasteiger partial charge in [0.2, 0.25) is 5.91 Å². The molecule has 30 heavy (non-hydrogen) atoms. The van der Waals surface area contributed by atoms with Crippen LogP contribution in [0.15, 0.2) is 46.0 Å². The van der Waals surface area contributed by atoms with Crippen molar-refractivity contribution in [3.05, 3.63) is 64.5 Å². The quantitative estimate of drug-likeness (QED) is 0.485. The molecule has 0 radical (unpaired) electrons. The first kappa shape index (κ1) is 21.9.